The molecule has 0 spiro atoms. The molecule has 0 amide bonds. The summed E-state index contributed by atoms with van der Waals surface area (Å²) < 4.78 is 6.01. The second kappa shape index (κ2) is 9.54. The van der Waals surface area contributed by atoms with Crippen LogP contribution in [0, 0.1) is 12.8 Å². The molecule has 1 aromatic heterocycles. The van der Waals surface area contributed by atoms with Crippen molar-refractivity contribution < 1.29 is 4.42 Å². The van der Waals surface area contributed by atoms with E-state index < -0.39 is 0 Å². The Morgan fingerprint density at radius 1 is 1.33 bits per heavy atom. The maximum Gasteiger partial charge on any atom is 0.120 e. The van der Waals surface area contributed by atoms with Crippen LogP contribution in [0.1, 0.15) is 44.3 Å². The van der Waals surface area contributed by atoms with Crippen molar-refractivity contribution in [2.24, 2.45) is 5.92 Å². The van der Waals surface area contributed by atoms with Gasteiger partial charge in [-0.3, -0.25) is 4.90 Å². The molecule has 1 aromatic rings. The highest BCUT2D eigenvalue weighted by Crippen LogP contribution is 2.17. The number of nitrogens with one attached hydrogen (secondary N) is 1. The molecule has 1 atom stereocenters. The molecule has 1 unspecified atom stereocenters. The predicted octanol–water partition coefficient (Wildman–Crippen LogP) is 3.91. The fraction of sp³-hybridized carbons (Fsp3) is 0.765. The molecule has 0 fully saturated rings. The van der Waals surface area contributed by atoms with Crippen LogP contribution in [0.2, 0.25) is 0 Å². The van der Waals surface area contributed by atoms with Crippen LogP contribution < -0.4 is 5.32 Å². The minimum atomic E-state index is 0.588. The number of hydrogen-bond acceptors (Lipinski definition) is 4. The van der Waals surface area contributed by atoms with Crippen molar-refractivity contribution >= 4 is 11.8 Å². The number of thioether (sulfide) groups is 1. The first-order valence-corrected chi connectivity index (χ1v) is 9.31. The van der Waals surface area contributed by atoms with Crippen LogP contribution in [0.4, 0.5) is 0 Å². The first kappa shape index (κ1) is 18.6. The topological polar surface area (TPSA) is 28.4 Å². The van der Waals surface area contributed by atoms with E-state index in [9.17, 15) is 0 Å². The normalized spacial score (nSPS) is 13.3. The van der Waals surface area contributed by atoms with Crippen LogP contribution in [-0.2, 0) is 13.1 Å². The van der Waals surface area contributed by atoms with Gasteiger partial charge in [-0.1, -0.05) is 13.8 Å². The summed E-state index contributed by atoms with van der Waals surface area (Å²) in [6.07, 6.45) is 3.39. The van der Waals surface area contributed by atoms with E-state index in [1.54, 1.807) is 0 Å². The van der Waals surface area contributed by atoms with Crippen LogP contribution in [0.15, 0.2) is 10.5 Å². The van der Waals surface area contributed by atoms with Crippen molar-refractivity contribution in [2.75, 3.05) is 25.6 Å². The molecular weight excluding hydrogens is 280 g/mol. The molecule has 3 nitrogen and oxygen atoms in total. The van der Waals surface area contributed by atoms with E-state index in [4.69, 9.17) is 4.42 Å². The molecule has 0 bridgehead atoms. The molecule has 21 heavy (non-hydrogen) atoms. The first-order chi connectivity index (χ1) is 9.93. The SMILES string of the molecule is CSCCC(C)N(C)Cc1cc(C)c(CNCC(C)C)o1. The van der Waals surface area contributed by atoms with Crippen molar-refractivity contribution in [3.63, 3.8) is 0 Å². The number of aryl methyl sites for hydroxylation is 1. The highest BCUT2D eigenvalue weighted by atomic mass is 32.2. The molecule has 122 valence electrons. The molecule has 1 rings (SSSR count). The zero-order valence-electron chi connectivity index (χ0n) is 14.5. The third kappa shape index (κ3) is 6.90. The van der Waals surface area contributed by atoms with Gasteiger partial charge in [0.25, 0.3) is 0 Å². The van der Waals surface area contributed by atoms with Gasteiger partial charge in [-0.25, -0.2) is 0 Å². The summed E-state index contributed by atoms with van der Waals surface area (Å²) in [5, 5.41) is 3.45. The molecule has 4 heteroatoms. The van der Waals surface area contributed by atoms with Crippen molar-refractivity contribution in [3.05, 3.63) is 23.2 Å². The summed E-state index contributed by atoms with van der Waals surface area (Å²) in [6, 6.07) is 2.77. The predicted molar refractivity (Wildman–Crippen MR) is 93.9 cm³/mol. The minimum absolute atomic E-state index is 0.588. The Morgan fingerprint density at radius 2 is 2.05 bits per heavy atom. The van der Waals surface area contributed by atoms with Crippen LogP contribution >= 0.6 is 11.8 Å². The van der Waals surface area contributed by atoms with E-state index in [0.29, 0.717) is 12.0 Å². The summed E-state index contributed by atoms with van der Waals surface area (Å²) in [5.41, 5.74) is 1.26. The van der Waals surface area contributed by atoms with Crippen molar-refractivity contribution in [1.29, 1.82) is 0 Å². The molecular formula is C17H32N2OS. The number of nitrogens with zero attached hydrogens (tertiary/aromatic N) is 1. The smallest absolute Gasteiger partial charge is 0.120 e. The van der Waals surface area contributed by atoms with E-state index >= 15 is 0 Å². The van der Waals surface area contributed by atoms with Gasteiger partial charge in [0.15, 0.2) is 0 Å². The Balaban J connectivity index is 2.48. The second-order valence-corrected chi connectivity index (χ2v) is 7.37. The number of rotatable bonds is 10. The number of furan rings is 1. The highest BCUT2D eigenvalue weighted by molar-refractivity contribution is 7.98. The summed E-state index contributed by atoms with van der Waals surface area (Å²) in [6.45, 7) is 11.6. The molecule has 0 saturated carbocycles. The van der Waals surface area contributed by atoms with E-state index in [-0.39, 0.29) is 0 Å². The zero-order valence-corrected chi connectivity index (χ0v) is 15.3. The average Bonchev–Trinajstić information content (AvgIpc) is 2.75. The van der Waals surface area contributed by atoms with E-state index in [0.717, 1.165) is 31.2 Å². The largest absolute Gasteiger partial charge is 0.463 e. The van der Waals surface area contributed by atoms with Gasteiger partial charge in [0.05, 0.1) is 13.1 Å². The Labute approximate surface area is 134 Å². The second-order valence-electron chi connectivity index (χ2n) is 6.39. The van der Waals surface area contributed by atoms with E-state index in [1.165, 1.54) is 17.7 Å². The summed E-state index contributed by atoms with van der Waals surface area (Å²) in [4.78, 5) is 2.37. The molecule has 0 saturated heterocycles. The van der Waals surface area contributed by atoms with Gasteiger partial charge in [-0.15, -0.1) is 0 Å². The van der Waals surface area contributed by atoms with Crippen molar-refractivity contribution in [3.8, 4) is 0 Å². The molecule has 0 aromatic carbocycles. The Bertz CT molecular complexity index is 403. The van der Waals surface area contributed by atoms with Crippen LogP contribution in [0.3, 0.4) is 0 Å². The molecule has 0 aliphatic rings. The lowest BCUT2D eigenvalue weighted by molar-refractivity contribution is 0.223. The lowest BCUT2D eigenvalue weighted by Gasteiger charge is -2.23. The standard InChI is InChI=1S/C17H32N2OS/c1-13(2)10-18-11-17-14(3)9-16(20-17)12-19(5)15(4)7-8-21-6/h9,13,15,18H,7-8,10-12H2,1-6H3. The highest BCUT2D eigenvalue weighted by Gasteiger charge is 2.13. The fourth-order valence-electron chi connectivity index (χ4n) is 2.23. The molecule has 1 heterocycles. The summed E-state index contributed by atoms with van der Waals surface area (Å²) >= 11 is 1.91. The van der Waals surface area contributed by atoms with Crippen LogP contribution in [0.5, 0.6) is 0 Å². The van der Waals surface area contributed by atoms with Crippen LogP contribution in [0.25, 0.3) is 0 Å². The Morgan fingerprint density at radius 3 is 2.67 bits per heavy atom. The third-order valence-corrected chi connectivity index (χ3v) is 4.45. The summed E-state index contributed by atoms with van der Waals surface area (Å²) in [7, 11) is 2.18. The summed E-state index contributed by atoms with van der Waals surface area (Å²) in [5.74, 6) is 4.04. The lowest BCUT2D eigenvalue weighted by Crippen LogP contribution is -2.28. The molecule has 0 radical (unpaired) electrons. The molecule has 0 aliphatic heterocycles. The third-order valence-electron chi connectivity index (χ3n) is 3.81. The Kier molecular flexibility index (Phi) is 8.45. The molecule has 0 aliphatic carbocycles. The zero-order chi connectivity index (χ0) is 15.8. The maximum atomic E-state index is 6.01. The average molecular weight is 313 g/mol. The van der Waals surface area contributed by atoms with Gasteiger partial charge < -0.3 is 9.73 Å². The van der Waals surface area contributed by atoms with Gasteiger partial charge in [0, 0.05) is 6.04 Å². The van der Waals surface area contributed by atoms with Gasteiger partial charge in [0.1, 0.15) is 11.5 Å². The quantitative estimate of drug-likeness (QED) is 0.709. The van der Waals surface area contributed by atoms with Gasteiger partial charge >= 0.3 is 0 Å². The van der Waals surface area contributed by atoms with Crippen molar-refractivity contribution in [2.45, 2.75) is 53.2 Å². The van der Waals surface area contributed by atoms with E-state index in [1.807, 2.05) is 11.8 Å². The van der Waals surface area contributed by atoms with Gasteiger partial charge in [0.2, 0.25) is 0 Å². The van der Waals surface area contributed by atoms with Crippen molar-refractivity contribution in [1.82, 2.24) is 10.2 Å². The Hall–Kier alpha value is -0.450. The molecule has 1 N–H and O–H groups in total. The first-order valence-electron chi connectivity index (χ1n) is 7.92. The van der Waals surface area contributed by atoms with Crippen LogP contribution in [-0.4, -0.2) is 36.5 Å². The maximum absolute atomic E-state index is 6.01. The monoisotopic (exact) mass is 312 g/mol. The number of hydrogen-bond donors (Lipinski definition) is 1. The van der Waals surface area contributed by atoms with Gasteiger partial charge in [-0.05, 0) is 63.4 Å². The lowest BCUT2D eigenvalue weighted by atomic mass is 10.2. The minimum Gasteiger partial charge on any atom is -0.463 e. The fourth-order valence-corrected chi connectivity index (χ4v) is 2.81. The van der Waals surface area contributed by atoms with E-state index in [2.05, 4.69) is 57.3 Å². The van der Waals surface area contributed by atoms with Gasteiger partial charge in [-0.2, -0.15) is 11.8 Å².